The van der Waals surface area contributed by atoms with E-state index < -0.39 is 21.5 Å². The predicted molar refractivity (Wildman–Crippen MR) is 80.5 cm³/mol. The molecule has 0 aliphatic heterocycles. The van der Waals surface area contributed by atoms with Crippen LogP contribution in [0, 0.1) is 0 Å². The summed E-state index contributed by atoms with van der Waals surface area (Å²) in [5.41, 5.74) is 0. The van der Waals surface area contributed by atoms with Gasteiger partial charge in [0.2, 0.25) is 5.91 Å². The van der Waals surface area contributed by atoms with Crippen LogP contribution in [0.4, 0.5) is 0 Å². The van der Waals surface area contributed by atoms with Gasteiger partial charge in [0.25, 0.3) is 0 Å². The molecule has 1 amide bonds. The standard InChI is InChI=1S/C14H21NO5S/c1-4-19-12-7-5-6-8-13(12)20-10-9-15(2)14(16)11-21(3,17)18/h5-8H,4,9-11H2,1-3H3. The highest BCUT2D eigenvalue weighted by Crippen LogP contribution is 2.26. The van der Waals surface area contributed by atoms with Crippen molar-refractivity contribution in [2.45, 2.75) is 6.92 Å². The molecule has 0 N–H and O–H groups in total. The number of hydrogen-bond acceptors (Lipinski definition) is 5. The monoisotopic (exact) mass is 315 g/mol. The first-order valence-corrected chi connectivity index (χ1v) is 8.66. The van der Waals surface area contributed by atoms with Crippen molar-refractivity contribution in [3.63, 3.8) is 0 Å². The topological polar surface area (TPSA) is 72.9 Å². The van der Waals surface area contributed by atoms with Crippen molar-refractivity contribution in [2.75, 3.05) is 38.8 Å². The van der Waals surface area contributed by atoms with Crippen molar-refractivity contribution in [2.24, 2.45) is 0 Å². The van der Waals surface area contributed by atoms with Crippen molar-refractivity contribution in [1.82, 2.24) is 4.90 Å². The Morgan fingerprint density at radius 3 is 2.29 bits per heavy atom. The van der Waals surface area contributed by atoms with Crippen LogP contribution in [-0.2, 0) is 14.6 Å². The molecule has 0 fully saturated rings. The molecule has 7 heteroatoms. The van der Waals surface area contributed by atoms with Crippen molar-refractivity contribution >= 4 is 15.7 Å². The summed E-state index contributed by atoms with van der Waals surface area (Å²) in [6.07, 6.45) is 1.04. The molecule has 0 unspecified atom stereocenters. The molecule has 1 rings (SSSR count). The zero-order valence-corrected chi connectivity index (χ0v) is 13.4. The number of hydrogen-bond donors (Lipinski definition) is 0. The number of carbonyl (C=O) groups excluding carboxylic acids is 1. The zero-order chi connectivity index (χ0) is 15.9. The van der Waals surface area contributed by atoms with E-state index in [0.717, 1.165) is 6.26 Å². The summed E-state index contributed by atoms with van der Waals surface area (Å²) in [6.45, 7) is 2.98. The Hall–Kier alpha value is -1.76. The number of rotatable bonds is 8. The first-order chi connectivity index (χ1) is 9.83. The van der Waals surface area contributed by atoms with Crippen LogP contribution >= 0.6 is 0 Å². The molecule has 0 atom stereocenters. The molecule has 0 bridgehead atoms. The number of amides is 1. The van der Waals surface area contributed by atoms with Crippen LogP contribution in [0.15, 0.2) is 24.3 Å². The number of ether oxygens (including phenoxy) is 2. The normalized spacial score (nSPS) is 11.0. The van der Waals surface area contributed by atoms with Gasteiger partial charge in [-0.2, -0.15) is 0 Å². The van der Waals surface area contributed by atoms with E-state index in [1.54, 1.807) is 19.2 Å². The second-order valence-electron chi connectivity index (χ2n) is 4.61. The van der Waals surface area contributed by atoms with Gasteiger partial charge in [0, 0.05) is 13.3 Å². The van der Waals surface area contributed by atoms with E-state index in [2.05, 4.69) is 0 Å². The van der Waals surface area contributed by atoms with Crippen molar-refractivity contribution in [3.05, 3.63) is 24.3 Å². The van der Waals surface area contributed by atoms with E-state index in [1.807, 2.05) is 19.1 Å². The highest BCUT2D eigenvalue weighted by molar-refractivity contribution is 7.91. The second-order valence-corrected chi connectivity index (χ2v) is 6.75. The van der Waals surface area contributed by atoms with E-state index in [-0.39, 0.29) is 6.61 Å². The summed E-state index contributed by atoms with van der Waals surface area (Å²) in [7, 11) is -1.76. The Kier molecular flexibility index (Phi) is 6.48. The Bertz CT molecular complexity index is 570. The van der Waals surface area contributed by atoms with E-state index in [0.29, 0.717) is 24.7 Å². The van der Waals surface area contributed by atoms with Crippen LogP contribution in [0.2, 0.25) is 0 Å². The molecule has 118 valence electrons. The van der Waals surface area contributed by atoms with E-state index in [9.17, 15) is 13.2 Å². The summed E-state index contributed by atoms with van der Waals surface area (Å²) in [4.78, 5) is 13.0. The van der Waals surface area contributed by atoms with Crippen LogP contribution < -0.4 is 9.47 Å². The van der Waals surface area contributed by atoms with Crippen LogP contribution in [0.1, 0.15) is 6.92 Å². The van der Waals surface area contributed by atoms with E-state index in [1.165, 1.54) is 4.90 Å². The van der Waals surface area contributed by atoms with Crippen LogP contribution in [0.5, 0.6) is 11.5 Å². The summed E-state index contributed by atoms with van der Waals surface area (Å²) >= 11 is 0. The first-order valence-electron chi connectivity index (χ1n) is 6.60. The smallest absolute Gasteiger partial charge is 0.237 e. The maximum atomic E-state index is 11.6. The molecule has 1 aromatic rings. The third-order valence-electron chi connectivity index (χ3n) is 2.64. The van der Waals surface area contributed by atoms with Crippen LogP contribution in [0.3, 0.4) is 0 Å². The third-order valence-corrected chi connectivity index (χ3v) is 3.42. The van der Waals surface area contributed by atoms with Gasteiger partial charge in [-0.15, -0.1) is 0 Å². The Labute approximate surface area is 125 Å². The van der Waals surface area contributed by atoms with Gasteiger partial charge in [-0.25, -0.2) is 8.42 Å². The lowest BCUT2D eigenvalue weighted by molar-refractivity contribution is -0.127. The summed E-state index contributed by atoms with van der Waals surface area (Å²) < 4.78 is 33.1. The molecule has 0 saturated heterocycles. The molecular formula is C14H21NO5S. The second kappa shape index (κ2) is 7.87. The van der Waals surface area contributed by atoms with Crippen molar-refractivity contribution < 1.29 is 22.7 Å². The molecular weight excluding hydrogens is 294 g/mol. The fourth-order valence-electron chi connectivity index (χ4n) is 1.60. The Morgan fingerprint density at radius 1 is 1.19 bits per heavy atom. The lowest BCUT2D eigenvalue weighted by atomic mass is 10.3. The van der Waals surface area contributed by atoms with Crippen LogP contribution in [0.25, 0.3) is 0 Å². The molecule has 6 nitrogen and oxygen atoms in total. The van der Waals surface area contributed by atoms with Gasteiger partial charge < -0.3 is 14.4 Å². The minimum absolute atomic E-state index is 0.260. The Balaban J connectivity index is 2.48. The molecule has 0 aliphatic carbocycles. The third kappa shape index (κ3) is 6.48. The molecule has 1 aromatic carbocycles. The fraction of sp³-hybridized carbons (Fsp3) is 0.500. The average molecular weight is 315 g/mol. The van der Waals surface area contributed by atoms with Gasteiger partial charge in [-0.05, 0) is 19.1 Å². The maximum Gasteiger partial charge on any atom is 0.237 e. The van der Waals surface area contributed by atoms with Gasteiger partial charge >= 0.3 is 0 Å². The zero-order valence-electron chi connectivity index (χ0n) is 12.5. The van der Waals surface area contributed by atoms with Crippen molar-refractivity contribution in [1.29, 1.82) is 0 Å². The molecule has 0 saturated carbocycles. The summed E-state index contributed by atoms with van der Waals surface area (Å²) in [5, 5.41) is 0. The number of carbonyl (C=O) groups is 1. The molecule has 21 heavy (non-hydrogen) atoms. The number of para-hydroxylation sites is 2. The number of likely N-dealkylation sites (N-methyl/N-ethyl adjacent to an activating group) is 1. The predicted octanol–water partition coefficient (Wildman–Crippen LogP) is 0.967. The Morgan fingerprint density at radius 2 is 1.76 bits per heavy atom. The highest BCUT2D eigenvalue weighted by atomic mass is 32.2. The SMILES string of the molecule is CCOc1ccccc1OCCN(C)C(=O)CS(C)(=O)=O. The molecule has 0 radical (unpaired) electrons. The number of benzene rings is 1. The first kappa shape index (κ1) is 17.3. The van der Waals surface area contributed by atoms with Gasteiger partial charge in [0.15, 0.2) is 21.3 Å². The lowest BCUT2D eigenvalue weighted by Gasteiger charge is -2.18. The quantitative estimate of drug-likeness (QED) is 0.714. The van der Waals surface area contributed by atoms with Gasteiger partial charge in [-0.1, -0.05) is 12.1 Å². The van der Waals surface area contributed by atoms with E-state index in [4.69, 9.17) is 9.47 Å². The molecule has 0 aliphatic rings. The van der Waals surface area contributed by atoms with Gasteiger partial charge in [-0.3, -0.25) is 4.79 Å². The minimum Gasteiger partial charge on any atom is -0.490 e. The maximum absolute atomic E-state index is 11.6. The molecule has 0 heterocycles. The molecule has 0 aromatic heterocycles. The van der Waals surface area contributed by atoms with Gasteiger partial charge in [0.05, 0.1) is 13.2 Å². The largest absolute Gasteiger partial charge is 0.490 e. The molecule has 0 spiro atoms. The van der Waals surface area contributed by atoms with E-state index >= 15 is 0 Å². The van der Waals surface area contributed by atoms with Crippen LogP contribution in [-0.4, -0.2) is 58.0 Å². The van der Waals surface area contributed by atoms with Gasteiger partial charge in [0.1, 0.15) is 12.4 Å². The highest BCUT2D eigenvalue weighted by Gasteiger charge is 2.15. The van der Waals surface area contributed by atoms with Crippen molar-refractivity contribution in [3.8, 4) is 11.5 Å². The number of sulfone groups is 1. The average Bonchev–Trinajstić information content (AvgIpc) is 2.39. The summed E-state index contributed by atoms with van der Waals surface area (Å²) in [6, 6.07) is 7.26. The minimum atomic E-state index is -3.31. The fourth-order valence-corrected chi connectivity index (χ4v) is 2.26. The number of nitrogens with zero attached hydrogens (tertiary/aromatic N) is 1. The summed E-state index contributed by atoms with van der Waals surface area (Å²) in [5.74, 6) is 0.312. The lowest BCUT2D eigenvalue weighted by Crippen LogP contribution is -2.35.